The first-order chi connectivity index (χ1) is 8.22. The number of carbonyl (C=O) groups is 1. The Morgan fingerprint density at radius 3 is 2.53 bits per heavy atom. The fourth-order valence-electron chi connectivity index (χ4n) is 1.50. The first kappa shape index (κ1) is 13.6. The number of rotatable bonds is 7. The number of hydrogen-bond acceptors (Lipinski definition) is 2. The lowest BCUT2D eigenvalue weighted by Gasteiger charge is -2.05. The molecule has 0 heterocycles. The van der Waals surface area contributed by atoms with Gasteiger partial charge >= 0.3 is 0 Å². The van der Waals surface area contributed by atoms with Gasteiger partial charge < -0.3 is 11.1 Å². The number of benzene rings is 1. The van der Waals surface area contributed by atoms with Crippen molar-refractivity contribution in [3.63, 3.8) is 0 Å². The summed E-state index contributed by atoms with van der Waals surface area (Å²) in [5.41, 5.74) is 6.27. The van der Waals surface area contributed by atoms with Crippen molar-refractivity contribution >= 4 is 5.91 Å². The minimum absolute atomic E-state index is 0.0337. The van der Waals surface area contributed by atoms with Gasteiger partial charge in [0.15, 0.2) is 0 Å². The molecule has 0 aromatic heterocycles. The maximum absolute atomic E-state index is 12.6. The van der Waals surface area contributed by atoms with E-state index in [0.717, 1.165) is 24.8 Å². The predicted molar refractivity (Wildman–Crippen MR) is 65.8 cm³/mol. The molecule has 17 heavy (non-hydrogen) atoms. The molecule has 0 unspecified atom stereocenters. The van der Waals surface area contributed by atoms with Gasteiger partial charge in [0.25, 0.3) is 0 Å². The van der Waals surface area contributed by atoms with E-state index in [-0.39, 0.29) is 11.7 Å². The Labute approximate surface area is 101 Å². The maximum atomic E-state index is 12.6. The zero-order valence-electron chi connectivity index (χ0n) is 9.92. The number of carbonyl (C=O) groups excluding carboxylic acids is 1. The van der Waals surface area contributed by atoms with Crippen LogP contribution in [-0.4, -0.2) is 12.5 Å². The van der Waals surface area contributed by atoms with E-state index >= 15 is 0 Å². The second-order valence-electron chi connectivity index (χ2n) is 4.00. The van der Waals surface area contributed by atoms with Gasteiger partial charge in [-0.05, 0) is 37.1 Å². The zero-order chi connectivity index (χ0) is 12.5. The second kappa shape index (κ2) is 7.79. The topological polar surface area (TPSA) is 55.1 Å². The van der Waals surface area contributed by atoms with Gasteiger partial charge in [-0.15, -0.1) is 0 Å². The molecule has 0 bridgehead atoms. The molecule has 3 N–H and O–H groups in total. The summed E-state index contributed by atoms with van der Waals surface area (Å²) in [7, 11) is 0. The van der Waals surface area contributed by atoms with Crippen LogP contribution >= 0.6 is 0 Å². The molecule has 94 valence electrons. The van der Waals surface area contributed by atoms with Gasteiger partial charge in [0.2, 0.25) is 5.91 Å². The largest absolute Gasteiger partial charge is 0.352 e. The quantitative estimate of drug-likeness (QED) is 0.713. The Balaban J connectivity index is 2.17. The zero-order valence-corrected chi connectivity index (χ0v) is 9.92. The van der Waals surface area contributed by atoms with Crippen molar-refractivity contribution < 1.29 is 9.18 Å². The first-order valence-electron chi connectivity index (χ1n) is 5.93. The summed E-state index contributed by atoms with van der Waals surface area (Å²) in [6, 6.07) is 6.12. The van der Waals surface area contributed by atoms with Crippen LogP contribution in [0, 0.1) is 5.82 Å². The van der Waals surface area contributed by atoms with Crippen LogP contribution in [-0.2, 0) is 11.3 Å². The number of amides is 1. The standard InChI is InChI=1S/C13H19FN2O/c14-12-7-5-11(6-8-12)10-16-13(17)4-2-1-3-9-15/h5-8H,1-4,9-10,15H2,(H,16,17). The number of nitrogens with two attached hydrogens (primary N) is 1. The van der Waals surface area contributed by atoms with E-state index in [9.17, 15) is 9.18 Å². The highest BCUT2D eigenvalue weighted by molar-refractivity contribution is 5.75. The Morgan fingerprint density at radius 1 is 1.18 bits per heavy atom. The van der Waals surface area contributed by atoms with E-state index in [1.54, 1.807) is 12.1 Å². The molecule has 0 saturated heterocycles. The number of nitrogens with one attached hydrogen (secondary N) is 1. The number of unbranched alkanes of at least 4 members (excludes halogenated alkanes) is 2. The second-order valence-corrected chi connectivity index (χ2v) is 4.00. The van der Waals surface area contributed by atoms with Crippen molar-refractivity contribution in [3.05, 3.63) is 35.6 Å². The fraction of sp³-hybridized carbons (Fsp3) is 0.462. The Morgan fingerprint density at radius 2 is 1.88 bits per heavy atom. The molecular weight excluding hydrogens is 219 g/mol. The summed E-state index contributed by atoms with van der Waals surface area (Å²) in [5.74, 6) is -0.229. The summed E-state index contributed by atoms with van der Waals surface area (Å²) in [6.45, 7) is 1.13. The number of halogens is 1. The molecule has 0 fully saturated rings. The van der Waals surface area contributed by atoms with Gasteiger partial charge in [-0.3, -0.25) is 4.79 Å². The van der Waals surface area contributed by atoms with Crippen molar-refractivity contribution in [2.24, 2.45) is 5.73 Å². The predicted octanol–water partition coefficient (Wildman–Crippen LogP) is 1.96. The molecule has 0 spiro atoms. The highest BCUT2D eigenvalue weighted by Crippen LogP contribution is 2.03. The van der Waals surface area contributed by atoms with Gasteiger partial charge in [-0.25, -0.2) is 4.39 Å². The normalized spacial score (nSPS) is 10.2. The molecular formula is C13H19FN2O. The van der Waals surface area contributed by atoms with E-state index in [0.29, 0.717) is 19.5 Å². The molecule has 0 radical (unpaired) electrons. The van der Waals surface area contributed by atoms with Crippen molar-refractivity contribution in [3.8, 4) is 0 Å². The molecule has 0 aliphatic carbocycles. The molecule has 1 rings (SSSR count). The lowest BCUT2D eigenvalue weighted by atomic mass is 10.2. The number of hydrogen-bond donors (Lipinski definition) is 2. The molecule has 1 amide bonds. The third-order valence-corrected chi connectivity index (χ3v) is 2.51. The van der Waals surface area contributed by atoms with Crippen LogP contribution in [0.3, 0.4) is 0 Å². The molecule has 0 aliphatic rings. The van der Waals surface area contributed by atoms with Gasteiger partial charge in [0.05, 0.1) is 0 Å². The minimum atomic E-state index is -0.262. The van der Waals surface area contributed by atoms with Gasteiger partial charge in [0.1, 0.15) is 5.82 Å². The Kier molecular flexibility index (Phi) is 6.25. The monoisotopic (exact) mass is 238 g/mol. The van der Waals surface area contributed by atoms with E-state index < -0.39 is 0 Å². The van der Waals surface area contributed by atoms with Crippen molar-refractivity contribution in [1.29, 1.82) is 0 Å². The molecule has 1 aromatic carbocycles. The third-order valence-electron chi connectivity index (χ3n) is 2.51. The molecule has 0 aliphatic heterocycles. The van der Waals surface area contributed by atoms with Gasteiger partial charge in [-0.2, -0.15) is 0 Å². The highest BCUT2D eigenvalue weighted by atomic mass is 19.1. The van der Waals surface area contributed by atoms with E-state index in [4.69, 9.17) is 5.73 Å². The summed E-state index contributed by atoms with van der Waals surface area (Å²) in [6.07, 6.45) is 3.35. The molecule has 4 heteroatoms. The summed E-state index contributed by atoms with van der Waals surface area (Å²) in [5, 5.41) is 2.80. The minimum Gasteiger partial charge on any atom is -0.352 e. The van der Waals surface area contributed by atoms with Crippen molar-refractivity contribution in [1.82, 2.24) is 5.32 Å². The lowest BCUT2D eigenvalue weighted by molar-refractivity contribution is -0.121. The highest BCUT2D eigenvalue weighted by Gasteiger charge is 2.01. The average Bonchev–Trinajstić information content (AvgIpc) is 2.34. The molecule has 3 nitrogen and oxygen atoms in total. The van der Waals surface area contributed by atoms with Crippen LogP contribution in [0.15, 0.2) is 24.3 Å². The maximum Gasteiger partial charge on any atom is 0.220 e. The molecule has 1 aromatic rings. The fourth-order valence-corrected chi connectivity index (χ4v) is 1.50. The Bertz CT molecular complexity index is 338. The van der Waals surface area contributed by atoms with Gasteiger partial charge in [0, 0.05) is 13.0 Å². The van der Waals surface area contributed by atoms with Crippen LogP contribution in [0.5, 0.6) is 0 Å². The van der Waals surface area contributed by atoms with Crippen molar-refractivity contribution in [2.45, 2.75) is 32.2 Å². The molecule has 0 atom stereocenters. The van der Waals surface area contributed by atoms with Crippen LogP contribution in [0.25, 0.3) is 0 Å². The summed E-state index contributed by atoms with van der Waals surface area (Å²) in [4.78, 5) is 11.4. The van der Waals surface area contributed by atoms with Crippen LogP contribution in [0.4, 0.5) is 4.39 Å². The van der Waals surface area contributed by atoms with E-state index in [1.807, 2.05) is 0 Å². The lowest BCUT2D eigenvalue weighted by Crippen LogP contribution is -2.22. The van der Waals surface area contributed by atoms with Crippen LogP contribution in [0.1, 0.15) is 31.2 Å². The van der Waals surface area contributed by atoms with Crippen molar-refractivity contribution in [2.75, 3.05) is 6.54 Å². The van der Waals surface area contributed by atoms with Gasteiger partial charge in [-0.1, -0.05) is 18.6 Å². The summed E-state index contributed by atoms with van der Waals surface area (Å²) >= 11 is 0. The van der Waals surface area contributed by atoms with E-state index in [1.165, 1.54) is 12.1 Å². The smallest absolute Gasteiger partial charge is 0.220 e. The third kappa shape index (κ3) is 6.02. The van der Waals surface area contributed by atoms with E-state index in [2.05, 4.69) is 5.32 Å². The average molecular weight is 238 g/mol. The summed E-state index contributed by atoms with van der Waals surface area (Å²) < 4.78 is 12.6. The first-order valence-corrected chi connectivity index (χ1v) is 5.93. The van der Waals surface area contributed by atoms with Crippen LogP contribution < -0.4 is 11.1 Å². The SMILES string of the molecule is NCCCCCC(=O)NCc1ccc(F)cc1. The van der Waals surface area contributed by atoms with Crippen LogP contribution in [0.2, 0.25) is 0 Å². The molecule has 0 saturated carbocycles. The Hall–Kier alpha value is -1.42.